The molecule has 0 N–H and O–H groups in total. The Morgan fingerprint density at radius 2 is 1.63 bits per heavy atom. The molecule has 0 saturated carbocycles. The summed E-state index contributed by atoms with van der Waals surface area (Å²) in [5.74, 6) is 0.268. The molecule has 0 atom stereocenters. The number of methoxy groups -OCH3 is 1. The van der Waals surface area contributed by atoms with Crippen LogP contribution in [0, 0.1) is 13.8 Å². The smallest absolute Gasteiger partial charge is 0.301 e. The highest BCUT2D eigenvalue weighted by Gasteiger charge is 2.22. The number of hydrogen-bond donors (Lipinski definition) is 0. The first-order valence-corrected chi connectivity index (χ1v) is 10.5. The first kappa shape index (κ1) is 21.6. The van der Waals surface area contributed by atoms with Crippen LogP contribution in [0.1, 0.15) is 22.5 Å². The molecule has 0 spiro atoms. The molecule has 158 valence electrons. The molecule has 3 aromatic rings. The number of rotatable bonds is 8. The van der Waals surface area contributed by atoms with Gasteiger partial charge in [-0.05, 0) is 42.7 Å². The van der Waals surface area contributed by atoms with Crippen molar-refractivity contribution >= 4 is 10.1 Å². The lowest BCUT2D eigenvalue weighted by Crippen LogP contribution is -2.11. The first-order valence-electron chi connectivity index (χ1n) is 9.13. The van der Waals surface area contributed by atoms with Crippen molar-refractivity contribution < 1.29 is 26.5 Å². The molecule has 0 aliphatic heterocycles. The van der Waals surface area contributed by atoms with Gasteiger partial charge in [0.15, 0.2) is 0 Å². The highest BCUT2D eigenvalue weighted by molar-refractivity contribution is 7.86. The third kappa shape index (κ3) is 5.08. The summed E-state index contributed by atoms with van der Waals surface area (Å²) in [6.45, 7) is 3.42. The monoisotopic (exact) mass is 430 g/mol. The third-order valence-corrected chi connectivity index (χ3v) is 5.78. The van der Waals surface area contributed by atoms with Gasteiger partial charge >= 0.3 is 10.1 Å². The molecule has 0 unspecified atom stereocenters. The SMILES string of the molecule is COc1cc(C)c(C)cc1S(=O)(=O)OCc1cc(=O)c(OCc2ccccc2)co1. The van der Waals surface area contributed by atoms with Gasteiger partial charge in [0.05, 0.1) is 7.11 Å². The highest BCUT2D eigenvalue weighted by Crippen LogP contribution is 2.29. The Labute approximate surface area is 175 Å². The van der Waals surface area contributed by atoms with Crippen LogP contribution in [0.25, 0.3) is 0 Å². The molecule has 0 aliphatic rings. The molecule has 0 amide bonds. The number of aryl methyl sites for hydroxylation is 2. The van der Waals surface area contributed by atoms with E-state index in [4.69, 9.17) is 18.1 Å². The minimum Gasteiger partial charge on any atom is -0.495 e. The van der Waals surface area contributed by atoms with E-state index in [2.05, 4.69) is 0 Å². The summed E-state index contributed by atoms with van der Waals surface area (Å²) < 4.78 is 46.3. The van der Waals surface area contributed by atoms with Gasteiger partial charge in [-0.3, -0.25) is 8.98 Å². The van der Waals surface area contributed by atoms with E-state index in [-0.39, 0.29) is 28.8 Å². The van der Waals surface area contributed by atoms with Crippen molar-refractivity contribution in [3.05, 3.63) is 87.5 Å². The predicted molar refractivity (Wildman–Crippen MR) is 110 cm³/mol. The minimum absolute atomic E-state index is 0.0290. The summed E-state index contributed by atoms with van der Waals surface area (Å²) in [5, 5.41) is 0. The molecule has 0 radical (unpaired) electrons. The molecule has 1 heterocycles. The number of hydrogen-bond acceptors (Lipinski definition) is 7. The van der Waals surface area contributed by atoms with Gasteiger partial charge in [0.1, 0.15) is 35.9 Å². The predicted octanol–water partition coefficient (Wildman–Crippen LogP) is 3.75. The fraction of sp³-hybridized carbons (Fsp3) is 0.227. The standard InChI is InChI=1S/C22H22O7S/c1-15-9-20(26-3)22(10-16(15)2)30(24,25)29-13-18-11-19(23)21(14-27-18)28-12-17-7-5-4-6-8-17/h4-11,14H,12-13H2,1-3H3. The van der Waals surface area contributed by atoms with Gasteiger partial charge in [-0.1, -0.05) is 30.3 Å². The summed E-state index contributed by atoms with van der Waals surface area (Å²) in [5.41, 5.74) is 2.14. The van der Waals surface area contributed by atoms with E-state index in [0.29, 0.717) is 0 Å². The molecule has 7 nitrogen and oxygen atoms in total. The molecular formula is C22H22O7S. The van der Waals surface area contributed by atoms with Crippen LogP contribution in [-0.2, 0) is 27.5 Å². The number of ether oxygens (including phenoxy) is 2. The lowest BCUT2D eigenvalue weighted by molar-refractivity contribution is 0.256. The fourth-order valence-corrected chi connectivity index (χ4v) is 3.78. The van der Waals surface area contributed by atoms with Gasteiger partial charge in [0, 0.05) is 6.07 Å². The number of benzene rings is 2. The molecular weight excluding hydrogens is 408 g/mol. The second-order valence-electron chi connectivity index (χ2n) is 6.65. The topological polar surface area (TPSA) is 92.0 Å². The van der Waals surface area contributed by atoms with E-state index < -0.39 is 22.2 Å². The van der Waals surface area contributed by atoms with Crippen LogP contribution in [-0.4, -0.2) is 15.5 Å². The Bertz CT molecular complexity index is 1180. The Balaban J connectivity index is 1.70. The molecule has 1 aromatic heterocycles. The van der Waals surface area contributed by atoms with Crippen molar-refractivity contribution in [1.29, 1.82) is 0 Å². The van der Waals surface area contributed by atoms with E-state index in [9.17, 15) is 13.2 Å². The largest absolute Gasteiger partial charge is 0.495 e. The summed E-state index contributed by atoms with van der Waals surface area (Å²) in [6.07, 6.45) is 1.15. The maximum atomic E-state index is 12.6. The van der Waals surface area contributed by atoms with Gasteiger partial charge < -0.3 is 13.9 Å². The van der Waals surface area contributed by atoms with Crippen LogP contribution < -0.4 is 14.9 Å². The molecule has 8 heteroatoms. The Morgan fingerprint density at radius 3 is 2.30 bits per heavy atom. The van der Waals surface area contributed by atoms with Crippen molar-refractivity contribution in [3.8, 4) is 11.5 Å². The normalized spacial score (nSPS) is 11.3. The zero-order valence-electron chi connectivity index (χ0n) is 16.9. The summed E-state index contributed by atoms with van der Waals surface area (Å²) in [7, 11) is -2.74. The van der Waals surface area contributed by atoms with Crippen LogP contribution in [0.5, 0.6) is 11.5 Å². The van der Waals surface area contributed by atoms with Crippen molar-refractivity contribution in [2.75, 3.05) is 7.11 Å². The van der Waals surface area contributed by atoms with Gasteiger partial charge in [0.2, 0.25) is 11.2 Å². The average Bonchev–Trinajstić information content (AvgIpc) is 2.74. The lowest BCUT2D eigenvalue weighted by Gasteiger charge is -2.12. The Hall–Kier alpha value is -3.10. The molecule has 0 fully saturated rings. The van der Waals surface area contributed by atoms with Crippen LogP contribution in [0.2, 0.25) is 0 Å². The van der Waals surface area contributed by atoms with Gasteiger partial charge in [-0.15, -0.1) is 0 Å². The van der Waals surface area contributed by atoms with Gasteiger partial charge in [-0.25, -0.2) is 0 Å². The van der Waals surface area contributed by atoms with Crippen LogP contribution in [0.4, 0.5) is 0 Å². The fourth-order valence-electron chi connectivity index (χ4n) is 2.67. The van der Waals surface area contributed by atoms with E-state index in [1.54, 1.807) is 13.0 Å². The zero-order valence-corrected chi connectivity index (χ0v) is 17.7. The average molecular weight is 430 g/mol. The van der Waals surface area contributed by atoms with Crippen LogP contribution in [0.15, 0.2) is 68.9 Å². The second-order valence-corrected chi connectivity index (χ2v) is 8.24. The highest BCUT2D eigenvalue weighted by atomic mass is 32.2. The molecule has 2 aromatic carbocycles. The van der Waals surface area contributed by atoms with Crippen molar-refractivity contribution in [1.82, 2.24) is 0 Å². The van der Waals surface area contributed by atoms with Crippen LogP contribution >= 0.6 is 0 Å². The maximum Gasteiger partial charge on any atom is 0.301 e. The van der Waals surface area contributed by atoms with Crippen molar-refractivity contribution in [2.24, 2.45) is 0 Å². The molecule has 3 rings (SSSR count). The maximum absolute atomic E-state index is 12.6. The van der Waals surface area contributed by atoms with E-state index in [1.165, 1.54) is 13.2 Å². The third-order valence-electron chi connectivity index (χ3n) is 4.50. The zero-order chi connectivity index (χ0) is 21.7. The van der Waals surface area contributed by atoms with E-state index in [0.717, 1.165) is 29.0 Å². The first-order chi connectivity index (χ1) is 14.3. The van der Waals surface area contributed by atoms with Crippen molar-refractivity contribution in [3.63, 3.8) is 0 Å². The molecule has 0 bridgehead atoms. The van der Waals surface area contributed by atoms with E-state index in [1.807, 2.05) is 37.3 Å². The minimum atomic E-state index is -4.13. The molecule has 0 aliphatic carbocycles. The Morgan fingerprint density at radius 1 is 0.933 bits per heavy atom. The quantitative estimate of drug-likeness (QED) is 0.503. The van der Waals surface area contributed by atoms with Crippen molar-refractivity contribution in [2.45, 2.75) is 32.0 Å². The Kier molecular flexibility index (Phi) is 6.59. The van der Waals surface area contributed by atoms with Crippen LogP contribution in [0.3, 0.4) is 0 Å². The lowest BCUT2D eigenvalue weighted by atomic mass is 10.1. The summed E-state index contributed by atoms with van der Waals surface area (Å²) >= 11 is 0. The molecule has 30 heavy (non-hydrogen) atoms. The summed E-state index contributed by atoms with van der Waals surface area (Å²) in [6, 6.07) is 13.6. The van der Waals surface area contributed by atoms with E-state index >= 15 is 0 Å². The second kappa shape index (κ2) is 9.15. The molecule has 0 saturated heterocycles. The summed E-state index contributed by atoms with van der Waals surface area (Å²) in [4.78, 5) is 12.1. The van der Waals surface area contributed by atoms with Gasteiger partial charge in [-0.2, -0.15) is 8.42 Å². The van der Waals surface area contributed by atoms with Gasteiger partial charge in [0.25, 0.3) is 0 Å².